The van der Waals surface area contributed by atoms with Crippen molar-refractivity contribution >= 4 is 28.9 Å². The van der Waals surface area contributed by atoms with Crippen molar-refractivity contribution in [2.75, 3.05) is 25.1 Å². The van der Waals surface area contributed by atoms with Crippen LogP contribution >= 0.6 is 12.2 Å². The molecule has 1 heterocycles. The summed E-state index contributed by atoms with van der Waals surface area (Å²) in [6, 6.07) is 14.6. The van der Waals surface area contributed by atoms with Gasteiger partial charge < -0.3 is 19.5 Å². The molecule has 0 aromatic heterocycles. The number of unbranched alkanes of at least 4 members (excludes halogenated alkanes) is 3. The summed E-state index contributed by atoms with van der Waals surface area (Å²) in [5.41, 5.74) is 1.26. The number of benzene rings is 2. The average molecular weight is 457 g/mol. The zero-order valence-corrected chi connectivity index (χ0v) is 19.4. The van der Waals surface area contributed by atoms with Crippen molar-refractivity contribution in [1.29, 1.82) is 0 Å². The van der Waals surface area contributed by atoms with E-state index >= 15 is 0 Å². The summed E-state index contributed by atoms with van der Waals surface area (Å²) in [6.45, 7) is 4.21. The summed E-state index contributed by atoms with van der Waals surface area (Å²) in [5.74, 6) is 1.21. The van der Waals surface area contributed by atoms with Crippen LogP contribution in [0.4, 0.5) is 5.69 Å². The molecular weight excluding hydrogens is 424 g/mol. The number of thiocarbonyl (C=S) groups is 1. The van der Waals surface area contributed by atoms with Gasteiger partial charge in [0.15, 0.2) is 5.11 Å². The zero-order chi connectivity index (χ0) is 22.6. The molecule has 1 amide bonds. The molecule has 1 aliphatic heterocycles. The highest BCUT2D eigenvalue weighted by Crippen LogP contribution is 2.20. The fourth-order valence-corrected chi connectivity index (χ4v) is 3.60. The van der Waals surface area contributed by atoms with E-state index < -0.39 is 0 Å². The molecule has 2 N–H and O–H groups in total. The SMILES string of the molecule is CCCCCCOc1ccc(C(=O)NC(=S)Nc2cccc(OCC3CCCO3)c2)cc1. The van der Waals surface area contributed by atoms with Crippen LogP contribution in [0.2, 0.25) is 0 Å². The van der Waals surface area contributed by atoms with Gasteiger partial charge in [-0.15, -0.1) is 0 Å². The molecule has 3 rings (SSSR count). The van der Waals surface area contributed by atoms with Gasteiger partial charge in [-0.1, -0.05) is 32.3 Å². The van der Waals surface area contributed by atoms with Gasteiger partial charge in [0.25, 0.3) is 5.91 Å². The number of carbonyl (C=O) groups is 1. The Kier molecular flexibility index (Phi) is 9.78. The summed E-state index contributed by atoms with van der Waals surface area (Å²) in [6.07, 6.45) is 6.91. The maximum Gasteiger partial charge on any atom is 0.257 e. The molecule has 6 nitrogen and oxygen atoms in total. The van der Waals surface area contributed by atoms with Gasteiger partial charge in [0.2, 0.25) is 0 Å². The van der Waals surface area contributed by atoms with Crippen molar-refractivity contribution in [3.05, 3.63) is 54.1 Å². The Morgan fingerprint density at radius 1 is 1.09 bits per heavy atom. The predicted octanol–water partition coefficient (Wildman–Crippen LogP) is 5.33. The molecule has 0 spiro atoms. The molecule has 0 bridgehead atoms. The van der Waals surface area contributed by atoms with Gasteiger partial charge in [0.1, 0.15) is 18.1 Å². The van der Waals surface area contributed by atoms with E-state index in [1.807, 2.05) is 24.3 Å². The zero-order valence-electron chi connectivity index (χ0n) is 18.6. The Morgan fingerprint density at radius 2 is 1.94 bits per heavy atom. The Bertz CT molecular complexity index is 867. The molecule has 32 heavy (non-hydrogen) atoms. The summed E-state index contributed by atoms with van der Waals surface area (Å²) in [5, 5.41) is 5.96. The van der Waals surface area contributed by atoms with Crippen molar-refractivity contribution in [2.45, 2.75) is 51.6 Å². The first-order chi connectivity index (χ1) is 15.6. The van der Waals surface area contributed by atoms with Crippen LogP contribution in [-0.4, -0.2) is 36.9 Å². The number of amides is 1. The highest BCUT2D eigenvalue weighted by molar-refractivity contribution is 7.80. The smallest absolute Gasteiger partial charge is 0.257 e. The van der Waals surface area contributed by atoms with E-state index in [0.717, 1.165) is 43.1 Å². The summed E-state index contributed by atoms with van der Waals surface area (Å²) >= 11 is 5.30. The van der Waals surface area contributed by atoms with E-state index in [1.165, 1.54) is 19.3 Å². The first-order valence-electron chi connectivity index (χ1n) is 11.3. The molecule has 172 valence electrons. The van der Waals surface area contributed by atoms with Gasteiger partial charge in [-0.3, -0.25) is 10.1 Å². The molecule has 1 aliphatic rings. The van der Waals surface area contributed by atoms with Gasteiger partial charge in [0.05, 0.1) is 12.7 Å². The fourth-order valence-electron chi connectivity index (χ4n) is 3.39. The lowest BCUT2D eigenvalue weighted by Gasteiger charge is -2.13. The largest absolute Gasteiger partial charge is 0.494 e. The molecule has 2 aromatic rings. The van der Waals surface area contributed by atoms with Gasteiger partial charge in [-0.05, 0) is 67.9 Å². The van der Waals surface area contributed by atoms with E-state index in [0.29, 0.717) is 18.8 Å². The molecule has 1 unspecified atom stereocenters. The number of rotatable bonds is 11. The quantitative estimate of drug-likeness (QED) is 0.352. The van der Waals surface area contributed by atoms with Crippen LogP contribution in [0.1, 0.15) is 55.8 Å². The highest BCUT2D eigenvalue weighted by atomic mass is 32.1. The number of carbonyl (C=O) groups excluding carboxylic acids is 1. The number of ether oxygens (including phenoxy) is 3. The van der Waals surface area contributed by atoms with E-state index in [2.05, 4.69) is 17.6 Å². The second-order valence-electron chi connectivity index (χ2n) is 7.82. The van der Waals surface area contributed by atoms with Crippen LogP contribution < -0.4 is 20.1 Å². The van der Waals surface area contributed by atoms with Crippen LogP contribution in [0.15, 0.2) is 48.5 Å². The Morgan fingerprint density at radius 3 is 2.69 bits per heavy atom. The topological polar surface area (TPSA) is 68.8 Å². The highest BCUT2D eigenvalue weighted by Gasteiger charge is 2.16. The normalized spacial score (nSPS) is 15.2. The number of anilines is 1. The summed E-state index contributed by atoms with van der Waals surface area (Å²) in [7, 11) is 0. The first kappa shape index (κ1) is 24.0. The van der Waals surface area contributed by atoms with Crippen LogP contribution in [0.3, 0.4) is 0 Å². The predicted molar refractivity (Wildman–Crippen MR) is 131 cm³/mol. The lowest BCUT2D eigenvalue weighted by Crippen LogP contribution is -2.34. The second kappa shape index (κ2) is 13.0. The van der Waals surface area contributed by atoms with E-state index in [-0.39, 0.29) is 17.1 Å². The third-order valence-corrected chi connectivity index (χ3v) is 5.37. The van der Waals surface area contributed by atoms with E-state index in [1.54, 1.807) is 24.3 Å². The Balaban J connectivity index is 1.43. The monoisotopic (exact) mass is 456 g/mol. The summed E-state index contributed by atoms with van der Waals surface area (Å²) < 4.78 is 17.1. The number of hydrogen-bond donors (Lipinski definition) is 2. The Labute approximate surface area is 195 Å². The maximum absolute atomic E-state index is 12.5. The van der Waals surface area contributed by atoms with E-state index in [4.69, 9.17) is 26.4 Å². The molecule has 2 aromatic carbocycles. The van der Waals surface area contributed by atoms with Gasteiger partial charge >= 0.3 is 0 Å². The molecule has 7 heteroatoms. The minimum Gasteiger partial charge on any atom is -0.494 e. The average Bonchev–Trinajstić information content (AvgIpc) is 3.32. The van der Waals surface area contributed by atoms with Gasteiger partial charge in [-0.25, -0.2) is 0 Å². The molecule has 0 aliphatic carbocycles. The standard InChI is InChI=1S/C25H32N2O4S/c1-2-3-4-5-15-29-21-13-11-19(12-14-21)24(28)27-25(32)26-20-8-6-9-22(17-20)31-18-23-10-7-16-30-23/h6,8-9,11-14,17,23H,2-5,7,10,15-16,18H2,1H3,(H2,26,27,28,32). The second-order valence-corrected chi connectivity index (χ2v) is 8.22. The van der Waals surface area contributed by atoms with E-state index in [9.17, 15) is 4.79 Å². The van der Waals surface area contributed by atoms with Crippen LogP contribution in [-0.2, 0) is 4.74 Å². The van der Waals surface area contributed by atoms with Crippen LogP contribution in [0.25, 0.3) is 0 Å². The molecular formula is C25H32N2O4S. The molecule has 1 atom stereocenters. The van der Waals surface area contributed by atoms with Crippen molar-refractivity contribution in [3.63, 3.8) is 0 Å². The maximum atomic E-state index is 12.5. The van der Waals surface area contributed by atoms with Crippen molar-refractivity contribution in [2.24, 2.45) is 0 Å². The minimum absolute atomic E-state index is 0.157. The van der Waals surface area contributed by atoms with Gasteiger partial charge in [-0.2, -0.15) is 0 Å². The third kappa shape index (κ3) is 8.13. The van der Waals surface area contributed by atoms with Crippen molar-refractivity contribution < 1.29 is 19.0 Å². The first-order valence-corrected chi connectivity index (χ1v) is 11.7. The Hall–Kier alpha value is -2.64. The molecule has 1 saturated heterocycles. The summed E-state index contributed by atoms with van der Waals surface area (Å²) in [4.78, 5) is 12.5. The lowest BCUT2D eigenvalue weighted by atomic mass is 10.2. The van der Waals surface area contributed by atoms with Gasteiger partial charge in [0, 0.05) is 23.9 Å². The minimum atomic E-state index is -0.275. The third-order valence-electron chi connectivity index (χ3n) is 5.16. The van der Waals surface area contributed by atoms with Crippen LogP contribution in [0, 0.1) is 0 Å². The van der Waals surface area contributed by atoms with Crippen LogP contribution in [0.5, 0.6) is 11.5 Å². The van der Waals surface area contributed by atoms with Crippen molar-refractivity contribution in [3.8, 4) is 11.5 Å². The molecule has 0 saturated carbocycles. The fraction of sp³-hybridized carbons (Fsp3) is 0.440. The number of nitrogens with one attached hydrogen (secondary N) is 2. The lowest BCUT2D eigenvalue weighted by molar-refractivity contribution is 0.0680. The molecule has 1 fully saturated rings. The number of hydrogen-bond acceptors (Lipinski definition) is 5. The molecule has 0 radical (unpaired) electrons. The van der Waals surface area contributed by atoms with Crippen molar-refractivity contribution in [1.82, 2.24) is 5.32 Å².